The van der Waals surface area contributed by atoms with Crippen molar-refractivity contribution in [3.8, 4) is 5.75 Å². The Hall–Kier alpha value is -3.11. The van der Waals surface area contributed by atoms with Gasteiger partial charge < -0.3 is 14.4 Å². The Kier molecular flexibility index (Phi) is 6.42. The molecule has 0 spiro atoms. The SMILES string of the molecule is CCOC(=O)N1Cc2sc3ncn(CCN4CCN(c5ccccc5OC)CC4)c(=O)c3c2C1. The number of aromatic nitrogens is 2. The zero-order valence-electron chi connectivity index (χ0n) is 19.5. The normalized spacial score (nSPS) is 16.2. The molecule has 0 bridgehead atoms. The molecule has 2 aliphatic rings. The van der Waals surface area contributed by atoms with Crippen LogP contribution in [0.4, 0.5) is 10.5 Å². The molecule has 0 unspecified atom stereocenters. The predicted octanol–water partition coefficient (Wildman–Crippen LogP) is 2.76. The second-order valence-electron chi connectivity index (χ2n) is 8.48. The first-order valence-corrected chi connectivity index (χ1v) is 12.4. The van der Waals surface area contributed by atoms with Crippen molar-refractivity contribution < 1.29 is 14.3 Å². The van der Waals surface area contributed by atoms with Crippen LogP contribution in [0.25, 0.3) is 10.2 Å². The molecule has 10 heteroatoms. The topological polar surface area (TPSA) is 80.1 Å². The van der Waals surface area contributed by atoms with Crippen molar-refractivity contribution in [2.24, 2.45) is 0 Å². The first-order valence-electron chi connectivity index (χ1n) is 11.6. The van der Waals surface area contributed by atoms with Gasteiger partial charge in [0.05, 0.1) is 44.2 Å². The smallest absolute Gasteiger partial charge is 0.410 e. The molecule has 0 saturated carbocycles. The van der Waals surface area contributed by atoms with Gasteiger partial charge in [-0.25, -0.2) is 9.78 Å². The van der Waals surface area contributed by atoms with E-state index in [0.29, 0.717) is 31.6 Å². The van der Waals surface area contributed by atoms with E-state index in [2.05, 4.69) is 20.9 Å². The summed E-state index contributed by atoms with van der Waals surface area (Å²) >= 11 is 1.50. The lowest BCUT2D eigenvalue weighted by atomic mass is 10.2. The largest absolute Gasteiger partial charge is 0.495 e. The second kappa shape index (κ2) is 9.63. The van der Waals surface area contributed by atoms with E-state index in [4.69, 9.17) is 9.47 Å². The summed E-state index contributed by atoms with van der Waals surface area (Å²) in [6.07, 6.45) is 1.32. The van der Waals surface area contributed by atoms with Crippen LogP contribution in [0.1, 0.15) is 17.4 Å². The summed E-state index contributed by atoms with van der Waals surface area (Å²) < 4.78 is 12.3. The zero-order chi connectivity index (χ0) is 23.7. The maximum atomic E-state index is 13.3. The van der Waals surface area contributed by atoms with E-state index in [-0.39, 0.29) is 11.7 Å². The minimum absolute atomic E-state index is 0.0270. The molecule has 34 heavy (non-hydrogen) atoms. The van der Waals surface area contributed by atoms with Crippen LogP contribution >= 0.6 is 11.3 Å². The lowest BCUT2D eigenvalue weighted by Gasteiger charge is -2.36. The van der Waals surface area contributed by atoms with Crippen molar-refractivity contribution in [3.63, 3.8) is 0 Å². The van der Waals surface area contributed by atoms with Crippen LogP contribution in [0.5, 0.6) is 5.75 Å². The fraction of sp³-hybridized carbons (Fsp3) is 0.458. The monoisotopic (exact) mass is 483 g/mol. The summed E-state index contributed by atoms with van der Waals surface area (Å²) in [4.78, 5) is 38.1. The summed E-state index contributed by atoms with van der Waals surface area (Å²) in [6.45, 7) is 8.05. The predicted molar refractivity (Wildman–Crippen MR) is 132 cm³/mol. The molecule has 0 N–H and O–H groups in total. The number of para-hydroxylation sites is 2. The van der Waals surface area contributed by atoms with Crippen LogP contribution in [0.3, 0.4) is 0 Å². The van der Waals surface area contributed by atoms with E-state index in [9.17, 15) is 9.59 Å². The first-order chi connectivity index (χ1) is 16.6. The van der Waals surface area contributed by atoms with Gasteiger partial charge >= 0.3 is 6.09 Å². The molecule has 9 nitrogen and oxygen atoms in total. The maximum absolute atomic E-state index is 13.3. The van der Waals surface area contributed by atoms with Gasteiger partial charge in [-0.2, -0.15) is 0 Å². The molecule has 1 saturated heterocycles. The Balaban J connectivity index is 1.24. The van der Waals surface area contributed by atoms with E-state index < -0.39 is 0 Å². The van der Waals surface area contributed by atoms with Gasteiger partial charge in [0.15, 0.2) is 0 Å². The zero-order valence-corrected chi connectivity index (χ0v) is 20.3. The third-order valence-electron chi connectivity index (χ3n) is 6.53. The summed E-state index contributed by atoms with van der Waals surface area (Å²) in [5, 5.41) is 0.648. The van der Waals surface area contributed by atoms with Crippen LogP contribution in [-0.2, 0) is 24.4 Å². The molecule has 3 aromatic rings. The molecule has 0 aliphatic carbocycles. The molecule has 0 radical (unpaired) electrons. The number of anilines is 1. The number of carbonyl (C=O) groups excluding carboxylic acids is 1. The molecular formula is C24H29N5O4S. The first kappa shape index (κ1) is 22.7. The number of rotatable bonds is 6. The Morgan fingerprint density at radius 1 is 1.12 bits per heavy atom. The fourth-order valence-corrected chi connectivity index (χ4v) is 5.85. The molecule has 4 heterocycles. The molecule has 1 aromatic carbocycles. The molecule has 2 aromatic heterocycles. The van der Waals surface area contributed by atoms with Gasteiger partial charge in [-0.1, -0.05) is 12.1 Å². The Bertz CT molecular complexity index is 1250. The van der Waals surface area contributed by atoms with Crippen molar-refractivity contribution in [2.45, 2.75) is 26.6 Å². The highest BCUT2D eigenvalue weighted by Crippen LogP contribution is 2.35. The van der Waals surface area contributed by atoms with Crippen LogP contribution in [0.2, 0.25) is 0 Å². The molecule has 1 fully saturated rings. The highest BCUT2D eigenvalue weighted by atomic mass is 32.1. The quantitative estimate of drug-likeness (QED) is 0.533. The summed E-state index contributed by atoms with van der Waals surface area (Å²) in [5.74, 6) is 0.895. The van der Waals surface area contributed by atoms with Crippen molar-refractivity contribution in [1.29, 1.82) is 0 Å². The number of thiophene rings is 1. The second-order valence-corrected chi connectivity index (χ2v) is 9.57. The van der Waals surface area contributed by atoms with Crippen molar-refractivity contribution in [3.05, 3.63) is 51.4 Å². The number of hydrogen-bond acceptors (Lipinski definition) is 8. The number of methoxy groups -OCH3 is 1. The van der Waals surface area contributed by atoms with Crippen molar-refractivity contribution >= 4 is 33.3 Å². The lowest BCUT2D eigenvalue weighted by molar-refractivity contribution is 0.107. The lowest BCUT2D eigenvalue weighted by Crippen LogP contribution is -2.47. The van der Waals surface area contributed by atoms with Gasteiger partial charge in [-0.3, -0.25) is 19.2 Å². The molecule has 180 valence electrons. The number of piperazine rings is 1. The number of nitrogens with zero attached hydrogens (tertiary/aromatic N) is 5. The fourth-order valence-electron chi connectivity index (χ4n) is 4.70. The van der Waals surface area contributed by atoms with Crippen LogP contribution in [-0.4, -0.2) is 71.9 Å². The van der Waals surface area contributed by atoms with E-state index in [0.717, 1.165) is 59.4 Å². The summed E-state index contributed by atoms with van der Waals surface area (Å²) in [5.41, 5.74) is 2.02. The van der Waals surface area contributed by atoms with Gasteiger partial charge in [0.2, 0.25) is 0 Å². The van der Waals surface area contributed by atoms with E-state index in [1.54, 1.807) is 29.8 Å². The molecule has 5 rings (SSSR count). The van der Waals surface area contributed by atoms with Gasteiger partial charge in [0.1, 0.15) is 10.6 Å². The molecule has 0 atom stereocenters. The maximum Gasteiger partial charge on any atom is 0.410 e. The highest BCUT2D eigenvalue weighted by molar-refractivity contribution is 7.18. The standard InChI is InChI=1S/C24H29N5O4S/c1-3-33-24(31)29-14-17-20(15-29)34-22-21(17)23(30)28(16-25-22)13-10-26-8-11-27(12-9-26)18-6-4-5-7-19(18)32-2/h4-7,16H,3,8-15H2,1-2H3. The van der Waals surface area contributed by atoms with Crippen LogP contribution in [0, 0.1) is 0 Å². The van der Waals surface area contributed by atoms with E-state index in [1.165, 1.54) is 11.3 Å². The average molecular weight is 484 g/mol. The number of carbonyl (C=O) groups is 1. The Morgan fingerprint density at radius 3 is 2.68 bits per heavy atom. The summed E-state index contributed by atoms with van der Waals surface area (Å²) in [6, 6.07) is 8.10. The number of amides is 1. The van der Waals surface area contributed by atoms with Crippen molar-refractivity contribution in [2.75, 3.05) is 51.3 Å². The number of benzene rings is 1. The number of ether oxygens (including phenoxy) is 2. The third kappa shape index (κ3) is 4.23. The minimum Gasteiger partial charge on any atom is -0.495 e. The third-order valence-corrected chi connectivity index (χ3v) is 7.65. The highest BCUT2D eigenvalue weighted by Gasteiger charge is 2.30. The molecule has 2 aliphatic heterocycles. The Labute approximate surface area is 202 Å². The summed E-state index contributed by atoms with van der Waals surface area (Å²) in [7, 11) is 1.70. The van der Waals surface area contributed by atoms with E-state index in [1.807, 2.05) is 18.2 Å². The van der Waals surface area contributed by atoms with Gasteiger partial charge in [-0.15, -0.1) is 11.3 Å². The van der Waals surface area contributed by atoms with Gasteiger partial charge in [0, 0.05) is 49.7 Å². The minimum atomic E-state index is -0.337. The van der Waals surface area contributed by atoms with Crippen molar-refractivity contribution in [1.82, 2.24) is 19.4 Å². The number of fused-ring (bicyclic) bond motifs is 3. The molecule has 1 amide bonds. The molecular weight excluding hydrogens is 454 g/mol. The van der Waals surface area contributed by atoms with Gasteiger partial charge in [-0.05, 0) is 19.1 Å². The van der Waals surface area contributed by atoms with E-state index >= 15 is 0 Å². The van der Waals surface area contributed by atoms with Crippen LogP contribution < -0.4 is 15.2 Å². The Morgan fingerprint density at radius 2 is 1.91 bits per heavy atom. The average Bonchev–Trinajstić information content (AvgIpc) is 3.42. The van der Waals surface area contributed by atoms with Crippen LogP contribution in [0.15, 0.2) is 35.4 Å². The number of hydrogen-bond donors (Lipinski definition) is 0. The van der Waals surface area contributed by atoms with Gasteiger partial charge in [0.25, 0.3) is 5.56 Å².